The van der Waals surface area contributed by atoms with Gasteiger partial charge in [0.1, 0.15) is 17.6 Å². The molecule has 28 heavy (non-hydrogen) atoms. The number of hydrogen-bond acceptors (Lipinski definition) is 6. The first-order chi connectivity index (χ1) is 13.7. The van der Waals surface area contributed by atoms with E-state index in [9.17, 15) is 14.7 Å². The minimum absolute atomic E-state index is 0.0631. The maximum atomic E-state index is 12.8. The van der Waals surface area contributed by atoms with E-state index in [1.54, 1.807) is 36.4 Å². The topological polar surface area (TPSA) is 83.2 Å². The number of likely N-dealkylation sites (tertiary alicyclic amines) is 1. The van der Waals surface area contributed by atoms with Gasteiger partial charge in [-0.05, 0) is 12.1 Å². The number of carbonyl (C=O) groups excluding carboxylic acids is 2. The molecule has 1 N–H and O–H groups in total. The predicted octanol–water partition coefficient (Wildman–Crippen LogP) is 2.03. The van der Waals surface area contributed by atoms with Crippen molar-refractivity contribution in [3.63, 3.8) is 0 Å². The summed E-state index contributed by atoms with van der Waals surface area (Å²) in [7, 11) is 0. The summed E-state index contributed by atoms with van der Waals surface area (Å²) in [4.78, 5) is 29.3. The molecule has 1 aromatic heterocycles. The average Bonchev–Trinajstić information content (AvgIpc) is 3.35. The van der Waals surface area contributed by atoms with E-state index in [2.05, 4.69) is 4.90 Å². The molecule has 4 rings (SSSR count). The van der Waals surface area contributed by atoms with Crippen LogP contribution in [0.3, 0.4) is 0 Å². The van der Waals surface area contributed by atoms with Crippen LogP contribution in [0, 0.1) is 0 Å². The van der Waals surface area contributed by atoms with Crippen LogP contribution in [-0.2, 0) is 14.3 Å². The third-order valence-corrected chi connectivity index (χ3v) is 5.16. The average molecular weight is 382 g/mol. The molecule has 2 aliphatic rings. The lowest BCUT2D eigenvalue weighted by Gasteiger charge is -2.30. The first-order valence-corrected chi connectivity index (χ1v) is 9.34. The number of amides is 1. The second-order valence-corrected chi connectivity index (χ2v) is 6.83. The summed E-state index contributed by atoms with van der Waals surface area (Å²) in [6.07, 6.45) is 1.50. The Labute approximate surface area is 162 Å². The van der Waals surface area contributed by atoms with Crippen LogP contribution >= 0.6 is 0 Å². The summed E-state index contributed by atoms with van der Waals surface area (Å²) in [5.74, 6) is -1.04. The van der Waals surface area contributed by atoms with Gasteiger partial charge in [0.2, 0.25) is 0 Å². The van der Waals surface area contributed by atoms with Crippen molar-refractivity contribution in [3.05, 3.63) is 65.6 Å². The van der Waals surface area contributed by atoms with Crippen molar-refractivity contribution < 1.29 is 23.8 Å². The SMILES string of the molecule is O=C1C(=O)N(CCN2CCOCC2)C(c2ccco2)/C1=C(\O)c1ccccc1. The molecule has 0 spiro atoms. The van der Waals surface area contributed by atoms with E-state index in [1.807, 2.05) is 6.07 Å². The molecule has 1 atom stereocenters. The smallest absolute Gasteiger partial charge is 0.295 e. The number of aliphatic hydroxyl groups excluding tert-OH is 1. The van der Waals surface area contributed by atoms with Crippen molar-refractivity contribution in [1.29, 1.82) is 0 Å². The van der Waals surface area contributed by atoms with E-state index in [-0.39, 0.29) is 11.3 Å². The number of ketones is 1. The Balaban J connectivity index is 1.68. The highest BCUT2D eigenvalue weighted by Crippen LogP contribution is 2.39. The molecule has 7 nitrogen and oxygen atoms in total. The minimum Gasteiger partial charge on any atom is -0.507 e. The number of morpholine rings is 1. The quantitative estimate of drug-likeness (QED) is 0.484. The highest BCUT2D eigenvalue weighted by Gasteiger charge is 2.47. The molecule has 146 valence electrons. The van der Waals surface area contributed by atoms with Gasteiger partial charge in [0, 0.05) is 31.7 Å². The molecule has 7 heteroatoms. The number of Topliss-reactive ketones (excluding diaryl/α,β-unsaturated/α-hetero) is 1. The first-order valence-electron chi connectivity index (χ1n) is 9.34. The largest absolute Gasteiger partial charge is 0.507 e. The fraction of sp³-hybridized carbons (Fsp3) is 0.333. The zero-order valence-corrected chi connectivity index (χ0v) is 15.4. The molecular weight excluding hydrogens is 360 g/mol. The molecule has 1 amide bonds. The summed E-state index contributed by atoms with van der Waals surface area (Å²) < 4.78 is 10.9. The Hall–Kier alpha value is -2.90. The van der Waals surface area contributed by atoms with Gasteiger partial charge in [0.25, 0.3) is 11.7 Å². The normalized spacial score (nSPS) is 22.7. The number of benzene rings is 1. The van der Waals surface area contributed by atoms with E-state index in [4.69, 9.17) is 9.15 Å². The maximum absolute atomic E-state index is 12.8. The van der Waals surface area contributed by atoms with Gasteiger partial charge < -0.3 is 19.2 Å². The summed E-state index contributed by atoms with van der Waals surface area (Å²) in [5.41, 5.74) is 0.554. The van der Waals surface area contributed by atoms with E-state index in [1.165, 1.54) is 11.2 Å². The van der Waals surface area contributed by atoms with Crippen LogP contribution in [0.2, 0.25) is 0 Å². The molecule has 0 saturated carbocycles. The zero-order valence-electron chi connectivity index (χ0n) is 15.4. The molecule has 0 bridgehead atoms. The van der Waals surface area contributed by atoms with Crippen LogP contribution in [0.25, 0.3) is 5.76 Å². The first kappa shape index (κ1) is 18.5. The van der Waals surface area contributed by atoms with Crippen molar-refractivity contribution in [3.8, 4) is 0 Å². The van der Waals surface area contributed by atoms with Crippen molar-refractivity contribution in [2.45, 2.75) is 6.04 Å². The molecule has 0 aliphatic carbocycles. The predicted molar refractivity (Wildman–Crippen MR) is 101 cm³/mol. The van der Waals surface area contributed by atoms with Gasteiger partial charge >= 0.3 is 0 Å². The Kier molecular flexibility index (Phi) is 5.27. The lowest BCUT2D eigenvalue weighted by atomic mass is 9.99. The number of furan rings is 1. The monoisotopic (exact) mass is 382 g/mol. The van der Waals surface area contributed by atoms with Crippen molar-refractivity contribution in [2.24, 2.45) is 0 Å². The molecule has 3 heterocycles. The third-order valence-electron chi connectivity index (χ3n) is 5.16. The second kappa shape index (κ2) is 8.00. The van der Waals surface area contributed by atoms with E-state index in [0.717, 1.165) is 13.1 Å². The van der Waals surface area contributed by atoms with Gasteiger partial charge in [-0.25, -0.2) is 0 Å². The highest BCUT2D eigenvalue weighted by molar-refractivity contribution is 6.46. The van der Waals surface area contributed by atoms with Crippen LogP contribution in [0.4, 0.5) is 0 Å². The van der Waals surface area contributed by atoms with Gasteiger partial charge in [-0.2, -0.15) is 0 Å². The highest BCUT2D eigenvalue weighted by atomic mass is 16.5. The molecule has 2 aromatic rings. The molecule has 1 unspecified atom stereocenters. The van der Waals surface area contributed by atoms with Gasteiger partial charge in [0.15, 0.2) is 0 Å². The summed E-state index contributed by atoms with van der Waals surface area (Å²) in [5, 5.41) is 10.8. The van der Waals surface area contributed by atoms with E-state index >= 15 is 0 Å². The standard InChI is InChI=1S/C21H22N2O5/c24-19(15-5-2-1-3-6-15)17-18(16-7-4-12-28-16)23(21(26)20(17)25)9-8-22-10-13-27-14-11-22/h1-7,12,18,24H,8-11,13-14H2/b19-17+. The number of ether oxygens (including phenoxy) is 1. The Morgan fingerprint density at radius 1 is 1.04 bits per heavy atom. The number of nitrogens with zero attached hydrogens (tertiary/aromatic N) is 2. The van der Waals surface area contributed by atoms with Crippen LogP contribution in [0.1, 0.15) is 17.4 Å². The minimum atomic E-state index is -0.740. The Bertz CT molecular complexity index is 869. The van der Waals surface area contributed by atoms with Gasteiger partial charge in [-0.15, -0.1) is 0 Å². The van der Waals surface area contributed by atoms with Gasteiger partial charge in [0.05, 0.1) is 25.1 Å². The molecule has 2 saturated heterocycles. The fourth-order valence-electron chi connectivity index (χ4n) is 3.68. The fourth-order valence-corrected chi connectivity index (χ4v) is 3.68. The number of hydrogen-bond donors (Lipinski definition) is 1. The Morgan fingerprint density at radius 2 is 1.79 bits per heavy atom. The van der Waals surface area contributed by atoms with Crippen LogP contribution < -0.4 is 0 Å². The Morgan fingerprint density at radius 3 is 2.46 bits per heavy atom. The number of rotatable bonds is 5. The van der Waals surface area contributed by atoms with E-state index < -0.39 is 17.7 Å². The lowest BCUT2D eigenvalue weighted by molar-refractivity contribution is -0.140. The van der Waals surface area contributed by atoms with Crippen LogP contribution in [-0.4, -0.2) is 66.0 Å². The lowest BCUT2D eigenvalue weighted by Crippen LogP contribution is -2.42. The van der Waals surface area contributed by atoms with Gasteiger partial charge in [-0.3, -0.25) is 14.5 Å². The van der Waals surface area contributed by atoms with E-state index in [0.29, 0.717) is 37.6 Å². The van der Waals surface area contributed by atoms with Crippen molar-refractivity contribution in [2.75, 3.05) is 39.4 Å². The molecular formula is C21H22N2O5. The number of aliphatic hydroxyl groups is 1. The van der Waals surface area contributed by atoms with Crippen molar-refractivity contribution in [1.82, 2.24) is 9.80 Å². The molecule has 2 fully saturated rings. The molecule has 1 aromatic carbocycles. The van der Waals surface area contributed by atoms with Crippen LogP contribution in [0.5, 0.6) is 0 Å². The number of carbonyl (C=O) groups is 2. The maximum Gasteiger partial charge on any atom is 0.295 e. The summed E-state index contributed by atoms with van der Waals surface area (Å²) >= 11 is 0. The summed E-state index contributed by atoms with van der Waals surface area (Å²) in [6, 6.07) is 11.5. The molecule has 0 radical (unpaired) electrons. The second-order valence-electron chi connectivity index (χ2n) is 6.83. The van der Waals surface area contributed by atoms with Crippen LogP contribution in [0.15, 0.2) is 58.7 Å². The van der Waals surface area contributed by atoms with Gasteiger partial charge in [-0.1, -0.05) is 30.3 Å². The molecule has 2 aliphatic heterocycles. The third kappa shape index (κ3) is 3.46. The zero-order chi connectivity index (χ0) is 19.5. The summed E-state index contributed by atoms with van der Waals surface area (Å²) in [6.45, 7) is 3.89. The van der Waals surface area contributed by atoms with Crippen molar-refractivity contribution >= 4 is 17.4 Å².